The van der Waals surface area contributed by atoms with Crippen LogP contribution in [0.4, 0.5) is 0 Å². The summed E-state index contributed by atoms with van der Waals surface area (Å²) in [7, 11) is -3.55. The zero-order valence-electron chi connectivity index (χ0n) is 9.87. The number of rotatable bonds is 6. The first-order valence-electron chi connectivity index (χ1n) is 5.35. The van der Waals surface area contributed by atoms with Crippen LogP contribution in [-0.2, 0) is 13.6 Å². The normalized spacial score (nSPS) is 12.7. The third kappa shape index (κ3) is 3.40. The van der Waals surface area contributed by atoms with Crippen LogP contribution in [0, 0.1) is 0 Å². The molecule has 0 radical (unpaired) electrons. The summed E-state index contributed by atoms with van der Waals surface area (Å²) in [6.45, 7) is 3.82. The Morgan fingerprint density at radius 1 is 1.24 bits per heavy atom. The molecular formula is C11H16NO4P. The van der Waals surface area contributed by atoms with Crippen LogP contribution in [0.2, 0.25) is 0 Å². The molecule has 6 heteroatoms. The molecule has 0 heterocycles. The summed E-state index contributed by atoms with van der Waals surface area (Å²) < 4.78 is 22.6. The molecule has 94 valence electrons. The maximum absolute atomic E-state index is 12.4. The van der Waals surface area contributed by atoms with Crippen molar-refractivity contribution in [1.29, 1.82) is 0 Å². The fraction of sp³-hybridized carbons (Fsp3) is 0.364. The zero-order chi connectivity index (χ0) is 12.7. The summed E-state index contributed by atoms with van der Waals surface area (Å²) in [6, 6.07) is 8.68. The minimum absolute atomic E-state index is 0.0678. The second-order valence-electron chi connectivity index (χ2n) is 3.12. The molecule has 5 nitrogen and oxygen atoms in total. The van der Waals surface area contributed by atoms with Gasteiger partial charge in [0.2, 0.25) is 0 Å². The molecule has 1 aromatic rings. The van der Waals surface area contributed by atoms with Crippen molar-refractivity contribution < 1.29 is 18.8 Å². The monoisotopic (exact) mass is 257 g/mol. The van der Waals surface area contributed by atoms with Crippen LogP contribution in [0.15, 0.2) is 35.5 Å². The standard InChI is InChI=1S/C11H16NO4P/c1-3-15-17(14,16-4-2)11(12-13)10-8-6-5-7-9-10/h5-9,13H,3-4H2,1-2H3/b12-11+. The van der Waals surface area contributed by atoms with Crippen molar-refractivity contribution in [3.63, 3.8) is 0 Å². The van der Waals surface area contributed by atoms with Gasteiger partial charge in [-0.2, -0.15) is 0 Å². The molecule has 0 aliphatic carbocycles. The molecule has 0 aromatic heterocycles. The fourth-order valence-corrected chi connectivity index (χ4v) is 2.93. The molecular weight excluding hydrogens is 241 g/mol. The van der Waals surface area contributed by atoms with Gasteiger partial charge < -0.3 is 14.3 Å². The number of oxime groups is 1. The van der Waals surface area contributed by atoms with E-state index in [1.165, 1.54) is 0 Å². The van der Waals surface area contributed by atoms with Gasteiger partial charge in [-0.3, -0.25) is 4.57 Å². The highest BCUT2D eigenvalue weighted by molar-refractivity contribution is 7.73. The van der Waals surface area contributed by atoms with Gasteiger partial charge in [-0.05, 0) is 13.8 Å². The maximum Gasteiger partial charge on any atom is 0.383 e. The Balaban J connectivity index is 3.12. The lowest BCUT2D eigenvalue weighted by Gasteiger charge is -2.17. The molecule has 1 N–H and O–H groups in total. The molecule has 0 saturated heterocycles. The van der Waals surface area contributed by atoms with E-state index in [2.05, 4.69) is 5.16 Å². The largest absolute Gasteiger partial charge is 0.410 e. The van der Waals surface area contributed by atoms with Crippen molar-refractivity contribution in [2.45, 2.75) is 13.8 Å². The third-order valence-corrected chi connectivity index (χ3v) is 4.05. The van der Waals surface area contributed by atoms with Crippen molar-refractivity contribution in [2.24, 2.45) is 5.16 Å². The molecule has 1 aromatic carbocycles. The Labute approximate surface area is 101 Å². The van der Waals surface area contributed by atoms with Crippen LogP contribution in [0.1, 0.15) is 19.4 Å². The van der Waals surface area contributed by atoms with E-state index in [1.807, 2.05) is 6.07 Å². The minimum Gasteiger partial charge on any atom is -0.410 e. The van der Waals surface area contributed by atoms with Gasteiger partial charge >= 0.3 is 7.60 Å². The topological polar surface area (TPSA) is 68.1 Å². The summed E-state index contributed by atoms with van der Waals surface area (Å²) in [5.41, 5.74) is 0.446. The summed E-state index contributed by atoms with van der Waals surface area (Å²) in [5, 5.41) is 12.1. The van der Waals surface area contributed by atoms with E-state index in [0.717, 1.165) is 0 Å². The third-order valence-electron chi connectivity index (χ3n) is 1.98. The summed E-state index contributed by atoms with van der Waals surface area (Å²) in [5.74, 6) is 0. The highest BCUT2D eigenvalue weighted by Gasteiger charge is 2.33. The van der Waals surface area contributed by atoms with Gasteiger partial charge in [0.25, 0.3) is 0 Å². The fourth-order valence-electron chi connectivity index (χ4n) is 1.36. The molecule has 0 fully saturated rings. The lowest BCUT2D eigenvalue weighted by atomic mass is 10.2. The van der Waals surface area contributed by atoms with Crippen LogP contribution in [0.5, 0.6) is 0 Å². The first-order valence-corrected chi connectivity index (χ1v) is 6.89. The summed E-state index contributed by atoms with van der Waals surface area (Å²) in [6.07, 6.45) is 0. The van der Waals surface area contributed by atoms with Crippen molar-refractivity contribution in [1.82, 2.24) is 0 Å². The average molecular weight is 257 g/mol. The Morgan fingerprint density at radius 2 is 1.76 bits per heavy atom. The van der Waals surface area contributed by atoms with E-state index in [0.29, 0.717) is 5.56 Å². The Hall–Kier alpha value is -1.16. The van der Waals surface area contributed by atoms with Gasteiger partial charge in [-0.15, -0.1) is 0 Å². The van der Waals surface area contributed by atoms with Crippen molar-refractivity contribution in [3.8, 4) is 0 Å². The van der Waals surface area contributed by atoms with Gasteiger partial charge in [0, 0.05) is 5.56 Å². The molecule has 0 bridgehead atoms. The molecule has 0 aliphatic rings. The van der Waals surface area contributed by atoms with Gasteiger partial charge in [0.1, 0.15) is 0 Å². The molecule has 0 aliphatic heterocycles. The van der Waals surface area contributed by atoms with Gasteiger partial charge in [-0.1, -0.05) is 35.5 Å². The van der Waals surface area contributed by atoms with Crippen molar-refractivity contribution in [2.75, 3.05) is 13.2 Å². The molecule has 0 unspecified atom stereocenters. The molecule has 17 heavy (non-hydrogen) atoms. The van der Waals surface area contributed by atoms with Gasteiger partial charge in [0.05, 0.1) is 13.2 Å². The first-order chi connectivity index (χ1) is 8.18. The Morgan fingerprint density at radius 3 is 2.18 bits per heavy atom. The van der Waals surface area contributed by atoms with Crippen LogP contribution < -0.4 is 0 Å². The van der Waals surface area contributed by atoms with E-state index in [1.54, 1.807) is 38.1 Å². The molecule has 1 rings (SSSR count). The summed E-state index contributed by atoms with van der Waals surface area (Å²) in [4.78, 5) is 0. The van der Waals surface area contributed by atoms with Crippen LogP contribution >= 0.6 is 7.60 Å². The number of hydrogen-bond donors (Lipinski definition) is 1. The number of hydrogen-bond acceptors (Lipinski definition) is 5. The first kappa shape index (κ1) is 13.9. The van der Waals surface area contributed by atoms with Crippen LogP contribution in [0.3, 0.4) is 0 Å². The minimum atomic E-state index is -3.55. The zero-order valence-corrected chi connectivity index (χ0v) is 10.8. The molecule has 0 saturated carbocycles. The Kier molecular flexibility index (Phi) is 5.35. The summed E-state index contributed by atoms with van der Waals surface area (Å²) >= 11 is 0. The highest BCUT2D eigenvalue weighted by atomic mass is 31.2. The van der Waals surface area contributed by atoms with E-state index in [4.69, 9.17) is 14.3 Å². The predicted octanol–water partition coefficient (Wildman–Crippen LogP) is 3.09. The predicted molar refractivity (Wildman–Crippen MR) is 65.6 cm³/mol. The quantitative estimate of drug-likeness (QED) is 0.368. The second kappa shape index (κ2) is 6.55. The molecule has 0 spiro atoms. The molecule has 0 atom stereocenters. The van der Waals surface area contributed by atoms with E-state index in [-0.39, 0.29) is 18.7 Å². The maximum atomic E-state index is 12.4. The lowest BCUT2D eigenvalue weighted by Crippen LogP contribution is -2.08. The van der Waals surface area contributed by atoms with Crippen LogP contribution in [-0.4, -0.2) is 23.9 Å². The van der Waals surface area contributed by atoms with E-state index < -0.39 is 7.60 Å². The lowest BCUT2D eigenvalue weighted by molar-refractivity contribution is 0.230. The second-order valence-corrected chi connectivity index (χ2v) is 5.06. The Bertz CT molecular complexity index is 409. The number of nitrogens with zero attached hydrogens (tertiary/aromatic N) is 1. The van der Waals surface area contributed by atoms with Gasteiger partial charge in [-0.25, -0.2) is 0 Å². The van der Waals surface area contributed by atoms with Crippen molar-refractivity contribution in [3.05, 3.63) is 35.9 Å². The SMILES string of the molecule is CCOP(=O)(OCC)/C(=N/O)c1ccccc1. The van der Waals surface area contributed by atoms with E-state index in [9.17, 15) is 4.57 Å². The van der Waals surface area contributed by atoms with Crippen molar-refractivity contribution >= 4 is 13.0 Å². The van der Waals surface area contributed by atoms with Crippen LogP contribution in [0.25, 0.3) is 0 Å². The number of benzene rings is 1. The smallest absolute Gasteiger partial charge is 0.383 e. The van der Waals surface area contributed by atoms with Gasteiger partial charge in [0.15, 0.2) is 5.45 Å². The highest BCUT2D eigenvalue weighted by Crippen LogP contribution is 2.51. The molecule has 0 amide bonds. The van der Waals surface area contributed by atoms with E-state index >= 15 is 0 Å². The average Bonchev–Trinajstić information content (AvgIpc) is 2.31.